The van der Waals surface area contributed by atoms with Gasteiger partial charge in [-0.1, -0.05) is 0 Å². The van der Waals surface area contributed by atoms with Crippen molar-refractivity contribution in [3.8, 4) is 0 Å². The van der Waals surface area contributed by atoms with Gasteiger partial charge in [-0.25, -0.2) is 0 Å². The van der Waals surface area contributed by atoms with Gasteiger partial charge >= 0.3 is 0 Å². The number of hydrogen-bond donors (Lipinski definition) is 1. The molecule has 3 unspecified atom stereocenters. The summed E-state index contributed by atoms with van der Waals surface area (Å²) in [6, 6.07) is 0. The normalized spacial score (nSPS) is 35.7. The Labute approximate surface area is 95.5 Å². The first-order valence-corrected chi connectivity index (χ1v) is 6.22. The summed E-state index contributed by atoms with van der Waals surface area (Å²) in [6.45, 7) is 1.49. The van der Waals surface area contributed by atoms with Crippen molar-refractivity contribution in [1.82, 2.24) is 5.32 Å². The maximum Gasteiger partial charge on any atom is 0.249 e. The lowest BCUT2D eigenvalue weighted by Gasteiger charge is -2.13. The van der Waals surface area contributed by atoms with Crippen LogP contribution in [0, 0.1) is 5.92 Å². The molecule has 0 aromatic rings. The molecule has 0 aromatic carbocycles. The van der Waals surface area contributed by atoms with E-state index in [9.17, 15) is 4.79 Å². The van der Waals surface area contributed by atoms with Gasteiger partial charge in [0.05, 0.1) is 0 Å². The Morgan fingerprint density at radius 2 is 2.27 bits per heavy atom. The van der Waals surface area contributed by atoms with Gasteiger partial charge in [0, 0.05) is 18.5 Å². The van der Waals surface area contributed by atoms with E-state index in [-0.39, 0.29) is 12.0 Å². The maximum atomic E-state index is 11.6. The van der Waals surface area contributed by atoms with Crippen molar-refractivity contribution in [3.63, 3.8) is 0 Å². The van der Waals surface area contributed by atoms with E-state index < -0.39 is 0 Å². The standard InChI is InChI=1S/C11H18ClNO2/c12-9-4-3-8(6-9)7-13-11(14)10-2-1-5-15-10/h8-10H,1-7H2,(H,13,14). The highest BCUT2D eigenvalue weighted by atomic mass is 35.5. The lowest BCUT2D eigenvalue weighted by molar-refractivity contribution is -0.130. The van der Waals surface area contributed by atoms with Crippen LogP contribution >= 0.6 is 11.6 Å². The zero-order chi connectivity index (χ0) is 10.7. The first-order valence-electron chi connectivity index (χ1n) is 5.79. The minimum absolute atomic E-state index is 0.0607. The molecule has 15 heavy (non-hydrogen) atoms. The van der Waals surface area contributed by atoms with Crippen molar-refractivity contribution in [3.05, 3.63) is 0 Å². The smallest absolute Gasteiger partial charge is 0.249 e. The Morgan fingerprint density at radius 3 is 2.87 bits per heavy atom. The monoisotopic (exact) mass is 231 g/mol. The molecule has 3 nitrogen and oxygen atoms in total. The van der Waals surface area contributed by atoms with Crippen molar-refractivity contribution >= 4 is 17.5 Å². The third kappa shape index (κ3) is 3.08. The van der Waals surface area contributed by atoms with E-state index in [1.807, 2.05) is 0 Å². The summed E-state index contributed by atoms with van der Waals surface area (Å²) in [5.41, 5.74) is 0. The van der Waals surface area contributed by atoms with E-state index in [0.29, 0.717) is 11.3 Å². The van der Waals surface area contributed by atoms with E-state index in [2.05, 4.69) is 5.32 Å². The molecule has 0 bridgehead atoms. The van der Waals surface area contributed by atoms with Crippen LogP contribution in [0.5, 0.6) is 0 Å². The molecule has 1 amide bonds. The van der Waals surface area contributed by atoms with Gasteiger partial charge in [-0.15, -0.1) is 11.6 Å². The molecule has 4 heteroatoms. The molecule has 0 spiro atoms. The summed E-state index contributed by atoms with van der Waals surface area (Å²) in [7, 11) is 0. The number of alkyl halides is 1. The van der Waals surface area contributed by atoms with Crippen LogP contribution in [0.1, 0.15) is 32.1 Å². The molecule has 1 saturated heterocycles. The summed E-state index contributed by atoms with van der Waals surface area (Å²) < 4.78 is 5.31. The summed E-state index contributed by atoms with van der Waals surface area (Å²) in [5.74, 6) is 0.628. The van der Waals surface area contributed by atoms with E-state index >= 15 is 0 Å². The van der Waals surface area contributed by atoms with Crippen LogP contribution in [0.3, 0.4) is 0 Å². The number of hydrogen-bond acceptors (Lipinski definition) is 2. The number of carbonyl (C=O) groups excluding carboxylic acids is 1. The van der Waals surface area contributed by atoms with Crippen LogP contribution in [0.4, 0.5) is 0 Å². The number of ether oxygens (including phenoxy) is 1. The quantitative estimate of drug-likeness (QED) is 0.751. The molecule has 2 rings (SSSR count). The van der Waals surface area contributed by atoms with E-state index in [1.165, 1.54) is 0 Å². The van der Waals surface area contributed by atoms with Crippen LogP contribution in [-0.4, -0.2) is 30.5 Å². The Balaban J connectivity index is 1.66. The Morgan fingerprint density at radius 1 is 1.40 bits per heavy atom. The van der Waals surface area contributed by atoms with Gasteiger partial charge < -0.3 is 10.1 Å². The Hall–Kier alpha value is -0.280. The molecule has 1 aliphatic heterocycles. The highest BCUT2D eigenvalue weighted by molar-refractivity contribution is 6.20. The van der Waals surface area contributed by atoms with E-state index in [4.69, 9.17) is 16.3 Å². The number of nitrogens with one attached hydrogen (secondary N) is 1. The molecule has 1 heterocycles. The molecular formula is C11H18ClNO2. The fraction of sp³-hybridized carbons (Fsp3) is 0.909. The van der Waals surface area contributed by atoms with Gasteiger partial charge in [0.25, 0.3) is 0 Å². The van der Waals surface area contributed by atoms with Crippen molar-refractivity contribution in [2.24, 2.45) is 5.92 Å². The molecule has 1 aliphatic carbocycles. The fourth-order valence-corrected chi connectivity index (χ4v) is 2.72. The third-order valence-corrected chi connectivity index (χ3v) is 3.66. The minimum Gasteiger partial charge on any atom is -0.368 e. The predicted molar refractivity (Wildman–Crippen MR) is 59.0 cm³/mol. The first-order chi connectivity index (χ1) is 7.25. The second kappa shape index (κ2) is 5.17. The summed E-state index contributed by atoms with van der Waals surface area (Å²) in [4.78, 5) is 11.6. The van der Waals surface area contributed by atoms with E-state index in [0.717, 1.165) is 45.3 Å². The molecule has 1 N–H and O–H groups in total. The van der Waals surface area contributed by atoms with Crippen LogP contribution in [0.25, 0.3) is 0 Å². The Kier molecular flexibility index (Phi) is 3.87. The lowest BCUT2D eigenvalue weighted by Crippen LogP contribution is -2.36. The minimum atomic E-state index is -0.196. The van der Waals surface area contributed by atoms with Gasteiger partial charge in [0.2, 0.25) is 5.91 Å². The van der Waals surface area contributed by atoms with Crippen molar-refractivity contribution in [2.45, 2.75) is 43.6 Å². The van der Waals surface area contributed by atoms with Gasteiger partial charge in [-0.2, -0.15) is 0 Å². The summed E-state index contributed by atoms with van der Waals surface area (Å²) in [5, 5.41) is 3.28. The van der Waals surface area contributed by atoms with Gasteiger partial charge in [-0.3, -0.25) is 4.79 Å². The molecule has 2 fully saturated rings. The van der Waals surface area contributed by atoms with Crippen LogP contribution < -0.4 is 5.32 Å². The molecule has 86 valence electrons. The number of halogens is 1. The molecule has 0 radical (unpaired) electrons. The average Bonchev–Trinajstić information content (AvgIpc) is 2.84. The number of amides is 1. The van der Waals surface area contributed by atoms with Crippen molar-refractivity contribution in [1.29, 1.82) is 0 Å². The lowest BCUT2D eigenvalue weighted by atomic mass is 10.1. The zero-order valence-electron chi connectivity index (χ0n) is 8.88. The maximum absolute atomic E-state index is 11.6. The average molecular weight is 232 g/mol. The third-order valence-electron chi connectivity index (χ3n) is 3.26. The summed E-state index contributed by atoms with van der Waals surface area (Å²) in [6.07, 6.45) is 4.94. The number of rotatable bonds is 3. The highest BCUT2D eigenvalue weighted by Crippen LogP contribution is 2.28. The van der Waals surface area contributed by atoms with Crippen LogP contribution in [0.2, 0.25) is 0 Å². The van der Waals surface area contributed by atoms with Crippen LogP contribution in [0.15, 0.2) is 0 Å². The van der Waals surface area contributed by atoms with Crippen molar-refractivity contribution < 1.29 is 9.53 Å². The van der Waals surface area contributed by atoms with Gasteiger partial charge in [0.1, 0.15) is 6.10 Å². The molecule has 0 aromatic heterocycles. The second-order valence-corrected chi connectivity index (χ2v) is 5.14. The molecular weight excluding hydrogens is 214 g/mol. The zero-order valence-corrected chi connectivity index (χ0v) is 9.63. The van der Waals surface area contributed by atoms with E-state index in [1.54, 1.807) is 0 Å². The second-order valence-electron chi connectivity index (χ2n) is 4.52. The van der Waals surface area contributed by atoms with Gasteiger partial charge in [0.15, 0.2) is 0 Å². The molecule has 3 atom stereocenters. The fourth-order valence-electron chi connectivity index (χ4n) is 2.34. The molecule has 2 aliphatic rings. The topological polar surface area (TPSA) is 38.3 Å². The summed E-state index contributed by atoms with van der Waals surface area (Å²) >= 11 is 6.01. The highest BCUT2D eigenvalue weighted by Gasteiger charge is 2.26. The largest absolute Gasteiger partial charge is 0.368 e. The molecule has 1 saturated carbocycles. The van der Waals surface area contributed by atoms with Crippen LogP contribution in [-0.2, 0) is 9.53 Å². The Bertz CT molecular complexity index is 229. The number of carbonyl (C=O) groups is 1. The SMILES string of the molecule is O=C(NCC1CCC(Cl)C1)C1CCCO1. The van der Waals surface area contributed by atoms with Gasteiger partial charge in [-0.05, 0) is 38.0 Å². The predicted octanol–water partition coefficient (Wildman–Crippen LogP) is 1.69. The van der Waals surface area contributed by atoms with Crippen molar-refractivity contribution in [2.75, 3.05) is 13.2 Å². The first kappa shape index (κ1) is 11.2.